The topological polar surface area (TPSA) is 61.5 Å². The van der Waals surface area contributed by atoms with E-state index < -0.39 is 6.10 Å². The summed E-state index contributed by atoms with van der Waals surface area (Å²) < 4.78 is 1.94. The highest BCUT2D eigenvalue weighted by Crippen LogP contribution is 2.23. The predicted molar refractivity (Wildman–Crippen MR) is 105 cm³/mol. The number of fused-ring (bicyclic) bond motifs is 1. The predicted octanol–water partition coefficient (Wildman–Crippen LogP) is 2.90. The maximum Gasteiger partial charge on any atom is 0.121 e. The first kappa shape index (κ1) is 17.9. The third kappa shape index (κ3) is 3.95. The molecular weight excluding hydrogens is 338 g/mol. The summed E-state index contributed by atoms with van der Waals surface area (Å²) >= 11 is 0. The summed E-state index contributed by atoms with van der Waals surface area (Å²) in [6.07, 6.45) is -0.897. The van der Waals surface area contributed by atoms with E-state index in [2.05, 4.69) is 65.5 Å². The Kier molecular flexibility index (Phi) is 5.07. The van der Waals surface area contributed by atoms with Gasteiger partial charge in [-0.1, -0.05) is 54.1 Å². The molecule has 0 amide bonds. The highest BCUT2D eigenvalue weighted by Gasteiger charge is 2.20. The minimum Gasteiger partial charge on any atom is -0.393 e. The number of hydrogen-bond acceptors (Lipinski definition) is 4. The summed E-state index contributed by atoms with van der Waals surface area (Å²) in [5.74, 6) is 0. The number of hydrogen-bond donors (Lipinski definition) is 2. The third-order valence-electron chi connectivity index (χ3n) is 5.12. The van der Waals surface area contributed by atoms with Crippen LogP contribution in [0.25, 0.3) is 11.1 Å². The van der Waals surface area contributed by atoms with E-state index in [0.29, 0.717) is 5.69 Å². The fraction of sp³-hybridized carbons (Fsp3) is 0.318. The molecule has 27 heavy (non-hydrogen) atoms. The highest BCUT2D eigenvalue weighted by molar-refractivity contribution is 5.64. The average molecular weight is 363 g/mol. The van der Waals surface area contributed by atoms with Crippen molar-refractivity contribution < 1.29 is 10.2 Å². The van der Waals surface area contributed by atoms with Crippen molar-refractivity contribution in [3.8, 4) is 11.1 Å². The molecule has 1 unspecified atom stereocenters. The van der Waals surface area contributed by atoms with E-state index in [0.717, 1.165) is 31.9 Å². The molecule has 2 heterocycles. The zero-order valence-electron chi connectivity index (χ0n) is 15.5. The monoisotopic (exact) mass is 363 g/mol. The first-order chi connectivity index (χ1) is 13.1. The SMILES string of the molecule is Cc1cccc(-c2ccc(CN3CCn4nc(C(O)CO)cc4C3)cc2)c1. The number of aryl methyl sites for hydroxylation is 1. The zero-order valence-corrected chi connectivity index (χ0v) is 15.5. The molecule has 0 bridgehead atoms. The van der Waals surface area contributed by atoms with E-state index in [-0.39, 0.29) is 6.61 Å². The number of aliphatic hydroxyl groups excluding tert-OH is 2. The molecule has 0 fully saturated rings. The lowest BCUT2D eigenvalue weighted by molar-refractivity contribution is 0.0915. The molecule has 5 nitrogen and oxygen atoms in total. The van der Waals surface area contributed by atoms with Crippen molar-refractivity contribution in [1.82, 2.24) is 14.7 Å². The summed E-state index contributed by atoms with van der Waals surface area (Å²) in [4.78, 5) is 2.38. The van der Waals surface area contributed by atoms with Crippen LogP contribution in [0.5, 0.6) is 0 Å². The number of aliphatic hydroxyl groups is 2. The van der Waals surface area contributed by atoms with E-state index in [9.17, 15) is 5.11 Å². The number of benzene rings is 2. The molecule has 1 atom stereocenters. The summed E-state index contributed by atoms with van der Waals surface area (Å²) in [5, 5.41) is 23.3. The van der Waals surface area contributed by atoms with Crippen molar-refractivity contribution in [3.63, 3.8) is 0 Å². The lowest BCUT2D eigenvalue weighted by Crippen LogP contribution is -2.33. The molecule has 0 spiro atoms. The Balaban J connectivity index is 1.43. The van der Waals surface area contributed by atoms with Gasteiger partial charge in [-0.2, -0.15) is 5.10 Å². The van der Waals surface area contributed by atoms with Crippen molar-refractivity contribution >= 4 is 0 Å². The molecule has 2 aromatic carbocycles. The Bertz CT molecular complexity index is 918. The standard InChI is InChI=1S/C22H25N3O2/c1-16-3-2-4-19(11-16)18-7-5-17(6-8-18)13-24-9-10-25-20(14-24)12-21(23-25)22(27)15-26/h2-8,11-12,22,26-27H,9-10,13-15H2,1H3. The van der Waals surface area contributed by atoms with Crippen molar-refractivity contribution in [2.45, 2.75) is 32.7 Å². The summed E-state index contributed by atoms with van der Waals surface area (Å²) in [7, 11) is 0. The van der Waals surface area contributed by atoms with Gasteiger partial charge >= 0.3 is 0 Å². The van der Waals surface area contributed by atoms with Crippen LogP contribution in [0.2, 0.25) is 0 Å². The van der Waals surface area contributed by atoms with Gasteiger partial charge in [-0.25, -0.2) is 0 Å². The van der Waals surface area contributed by atoms with E-state index in [4.69, 9.17) is 5.11 Å². The first-order valence-corrected chi connectivity index (χ1v) is 9.36. The fourth-order valence-electron chi connectivity index (χ4n) is 3.62. The van der Waals surface area contributed by atoms with Crippen LogP contribution in [0.1, 0.15) is 28.6 Å². The van der Waals surface area contributed by atoms with Crippen LogP contribution in [-0.4, -0.2) is 38.0 Å². The molecule has 0 aliphatic carbocycles. The molecule has 4 rings (SSSR count). The third-order valence-corrected chi connectivity index (χ3v) is 5.12. The maximum atomic E-state index is 9.78. The van der Waals surface area contributed by atoms with Gasteiger partial charge in [-0.3, -0.25) is 9.58 Å². The zero-order chi connectivity index (χ0) is 18.8. The molecule has 5 heteroatoms. The van der Waals surface area contributed by atoms with Gasteiger partial charge in [-0.05, 0) is 29.7 Å². The lowest BCUT2D eigenvalue weighted by Gasteiger charge is -2.27. The van der Waals surface area contributed by atoms with Crippen LogP contribution in [0.3, 0.4) is 0 Å². The van der Waals surface area contributed by atoms with Crippen molar-refractivity contribution in [1.29, 1.82) is 0 Å². The van der Waals surface area contributed by atoms with Gasteiger partial charge in [0.05, 0.1) is 24.5 Å². The summed E-state index contributed by atoms with van der Waals surface area (Å²) in [5.41, 5.74) is 6.68. The van der Waals surface area contributed by atoms with Gasteiger partial charge in [0.15, 0.2) is 0 Å². The first-order valence-electron chi connectivity index (χ1n) is 9.36. The molecule has 3 aromatic rings. The van der Waals surface area contributed by atoms with Crippen LogP contribution in [-0.2, 0) is 19.6 Å². The molecule has 0 saturated heterocycles. The largest absolute Gasteiger partial charge is 0.393 e. The van der Waals surface area contributed by atoms with Gasteiger partial charge in [-0.15, -0.1) is 0 Å². The Hall–Kier alpha value is -2.47. The second kappa shape index (κ2) is 7.64. The number of rotatable bonds is 5. The molecule has 2 N–H and O–H groups in total. The van der Waals surface area contributed by atoms with Crippen molar-refractivity contribution in [2.24, 2.45) is 0 Å². The minimum atomic E-state index is -0.897. The molecule has 1 aliphatic heterocycles. The molecule has 0 radical (unpaired) electrons. The van der Waals surface area contributed by atoms with E-state index in [1.165, 1.54) is 22.3 Å². The summed E-state index contributed by atoms with van der Waals surface area (Å²) in [6, 6.07) is 19.2. The van der Waals surface area contributed by atoms with Crippen LogP contribution in [0.15, 0.2) is 54.6 Å². The van der Waals surface area contributed by atoms with E-state index >= 15 is 0 Å². The molecule has 140 valence electrons. The summed E-state index contributed by atoms with van der Waals surface area (Å²) in [6.45, 7) is 5.22. The molecule has 1 aromatic heterocycles. The van der Waals surface area contributed by atoms with Gasteiger partial charge in [0, 0.05) is 19.6 Å². The molecular formula is C22H25N3O2. The van der Waals surface area contributed by atoms with Crippen molar-refractivity contribution in [2.75, 3.05) is 13.2 Å². The second-order valence-electron chi connectivity index (χ2n) is 7.26. The Morgan fingerprint density at radius 1 is 1.04 bits per heavy atom. The minimum absolute atomic E-state index is 0.298. The smallest absolute Gasteiger partial charge is 0.121 e. The van der Waals surface area contributed by atoms with Gasteiger partial charge in [0.25, 0.3) is 0 Å². The van der Waals surface area contributed by atoms with E-state index in [1.807, 2.05) is 10.7 Å². The highest BCUT2D eigenvalue weighted by atomic mass is 16.3. The maximum absolute atomic E-state index is 9.78. The molecule has 1 aliphatic rings. The quantitative estimate of drug-likeness (QED) is 0.732. The van der Waals surface area contributed by atoms with Crippen LogP contribution in [0, 0.1) is 6.92 Å². The molecule has 0 saturated carbocycles. The number of nitrogens with zero attached hydrogens (tertiary/aromatic N) is 3. The average Bonchev–Trinajstić information content (AvgIpc) is 3.11. The second-order valence-corrected chi connectivity index (χ2v) is 7.26. The van der Waals surface area contributed by atoms with E-state index in [1.54, 1.807) is 0 Å². The van der Waals surface area contributed by atoms with Crippen LogP contribution >= 0.6 is 0 Å². The Morgan fingerprint density at radius 2 is 1.85 bits per heavy atom. The number of aromatic nitrogens is 2. The van der Waals surface area contributed by atoms with Crippen LogP contribution < -0.4 is 0 Å². The lowest BCUT2D eigenvalue weighted by atomic mass is 10.0. The Labute approximate surface area is 159 Å². The van der Waals surface area contributed by atoms with Crippen molar-refractivity contribution in [3.05, 3.63) is 77.1 Å². The van der Waals surface area contributed by atoms with Gasteiger partial charge < -0.3 is 10.2 Å². The fourth-order valence-corrected chi connectivity index (χ4v) is 3.62. The van der Waals surface area contributed by atoms with Gasteiger partial charge in [0.1, 0.15) is 6.10 Å². The normalized spacial score (nSPS) is 15.5. The van der Waals surface area contributed by atoms with Gasteiger partial charge in [0.2, 0.25) is 0 Å². The Morgan fingerprint density at radius 3 is 2.59 bits per heavy atom. The van der Waals surface area contributed by atoms with Crippen LogP contribution in [0.4, 0.5) is 0 Å².